The van der Waals surface area contributed by atoms with Crippen molar-refractivity contribution in [1.29, 1.82) is 0 Å². The molecule has 4 rings (SSSR count). The predicted octanol–water partition coefficient (Wildman–Crippen LogP) is 3.80. The molecule has 0 aliphatic heterocycles. The van der Waals surface area contributed by atoms with E-state index in [1.54, 1.807) is 29.5 Å². The van der Waals surface area contributed by atoms with Gasteiger partial charge in [0, 0.05) is 10.4 Å². The van der Waals surface area contributed by atoms with Gasteiger partial charge in [-0.2, -0.15) is 0 Å². The topological polar surface area (TPSA) is 95.6 Å². The summed E-state index contributed by atoms with van der Waals surface area (Å²) in [7, 11) is 3.05. The third-order valence-electron chi connectivity index (χ3n) is 5.17. The van der Waals surface area contributed by atoms with E-state index >= 15 is 0 Å². The van der Waals surface area contributed by atoms with E-state index in [0.717, 1.165) is 16.0 Å². The molecule has 0 fully saturated rings. The molecule has 2 aromatic carbocycles. The molecule has 0 bridgehead atoms. The standard InChI is InChI=1S/C24H23N3O5S/c1-15-6-8-16(9-7-15)22(20-5-4-12-33-20)25-21(28)14-27-23(26-32-24(27)29)17-10-11-18(30-2)19(13-17)31-3/h4-13,22H,14H2,1-3H3,(H,25,28). The van der Waals surface area contributed by atoms with Crippen molar-refractivity contribution in [2.45, 2.75) is 19.5 Å². The Bertz CT molecular complexity index is 1290. The maximum Gasteiger partial charge on any atom is 0.442 e. The van der Waals surface area contributed by atoms with E-state index in [1.807, 2.05) is 48.7 Å². The van der Waals surface area contributed by atoms with Crippen molar-refractivity contribution >= 4 is 17.2 Å². The number of methoxy groups -OCH3 is 2. The third kappa shape index (κ3) is 4.83. The van der Waals surface area contributed by atoms with Gasteiger partial charge in [0.1, 0.15) is 6.54 Å². The van der Waals surface area contributed by atoms with Crippen molar-refractivity contribution < 1.29 is 18.8 Å². The third-order valence-corrected chi connectivity index (χ3v) is 6.11. The first-order valence-corrected chi connectivity index (χ1v) is 11.1. The highest BCUT2D eigenvalue weighted by Gasteiger charge is 2.21. The average molecular weight is 466 g/mol. The monoisotopic (exact) mass is 465 g/mol. The summed E-state index contributed by atoms with van der Waals surface area (Å²) in [5, 5.41) is 8.87. The van der Waals surface area contributed by atoms with Gasteiger partial charge in [-0.1, -0.05) is 41.1 Å². The summed E-state index contributed by atoms with van der Waals surface area (Å²) in [6, 6.07) is 16.6. The Morgan fingerprint density at radius 1 is 1.12 bits per heavy atom. The summed E-state index contributed by atoms with van der Waals surface area (Å²) < 4.78 is 16.6. The maximum absolute atomic E-state index is 13.0. The first-order chi connectivity index (χ1) is 16.0. The maximum atomic E-state index is 13.0. The zero-order chi connectivity index (χ0) is 23.4. The van der Waals surface area contributed by atoms with Gasteiger partial charge in [-0.15, -0.1) is 11.3 Å². The molecule has 1 amide bonds. The number of nitrogens with zero attached hydrogens (tertiary/aromatic N) is 2. The van der Waals surface area contributed by atoms with Gasteiger partial charge in [-0.25, -0.2) is 9.36 Å². The zero-order valence-electron chi connectivity index (χ0n) is 18.4. The number of hydrogen-bond donors (Lipinski definition) is 1. The number of hydrogen-bond acceptors (Lipinski definition) is 7. The molecular formula is C24H23N3O5S. The number of nitrogens with one attached hydrogen (secondary N) is 1. The summed E-state index contributed by atoms with van der Waals surface area (Å²) in [5.41, 5.74) is 2.64. The van der Waals surface area contributed by atoms with Gasteiger partial charge < -0.3 is 14.8 Å². The molecule has 0 spiro atoms. The van der Waals surface area contributed by atoms with Crippen LogP contribution in [0.25, 0.3) is 11.4 Å². The number of amides is 1. The highest BCUT2D eigenvalue weighted by atomic mass is 32.1. The first kappa shape index (κ1) is 22.3. The van der Waals surface area contributed by atoms with Gasteiger partial charge in [0.15, 0.2) is 17.3 Å². The number of ether oxygens (including phenoxy) is 2. The molecule has 0 saturated heterocycles. The molecule has 0 saturated carbocycles. The first-order valence-electron chi connectivity index (χ1n) is 10.2. The molecule has 1 N–H and O–H groups in total. The van der Waals surface area contributed by atoms with Crippen LogP contribution >= 0.6 is 11.3 Å². The van der Waals surface area contributed by atoms with Crippen molar-refractivity contribution in [3.05, 3.63) is 86.5 Å². The summed E-state index contributed by atoms with van der Waals surface area (Å²) in [6.07, 6.45) is 0. The molecule has 2 heterocycles. The van der Waals surface area contributed by atoms with Gasteiger partial charge in [0.05, 0.1) is 20.3 Å². The number of carbonyl (C=O) groups is 1. The second-order valence-electron chi connectivity index (χ2n) is 7.35. The molecule has 1 atom stereocenters. The van der Waals surface area contributed by atoms with Crippen LogP contribution in [0.4, 0.5) is 0 Å². The molecule has 2 aromatic heterocycles. The molecule has 0 radical (unpaired) electrons. The van der Waals surface area contributed by atoms with E-state index in [9.17, 15) is 9.59 Å². The highest BCUT2D eigenvalue weighted by molar-refractivity contribution is 7.10. The Labute approximate surface area is 194 Å². The van der Waals surface area contributed by atoms with Crippen LogP contribution in [0.5, 0.6) is 11.5 Å². The SMILES string of the molecule is COc1ccc(-c2noc(=O)n2CC(=O)NC(c2ccc(C)cc2)c2cccs2)cc1OC. The van der Waals surface area contributed by atoms with Gasteiger partial charge in [0.25, 0.3) is 0 Å². The number of aromatic nitrogens is 2. The summed E-state index contributed by atoms with van der Waals surface area (Å²) in [5.74, 6) is 0.157. The van der Waals surface area contributed by atoms with Crippen molar-refractivity contribution in [3.8, 4) is 22.9 Å². The minimum atomic E-state index is -0.724. The largest absolute Gasteiger partial charge is 0.493 e. The van der Waals surface area contributed by atoms with Gasteiger partial charge >= 0.3 is 5.76 Å². The lowest BCUT2D eigenvalue weighted by atomic mass is 10.0. The van der Waals surface area contributed by atoms with Crippen molar-refractivity contribution in [1.82, 2.24) is 15.0 Å². The fourth-order valence-electron chi connectivity index (χ4n) is 3.47. The molecular weight excluding hydrogens is 442 g/mol. The lowest BCUT2D eigenvalue weighted by molar-refractivity contribution is -0.122. The molecule has 0 aliphatic carbocycles. The normalized spacial score (nSPS) is 11.7. The fraction of sp³-hybridized carbons (Fsp3) is 0.208. The van der Waals surface area contributed by atoms with Crippen LogP contribution in [0.2, 0.25) is 0 Å². The van der Waals surface area contributed by atoms with Crippen LogP contribution in [-0.2, 0) is 11.3 Å². The molecule has 33 heavy (non-hydrogen) atoms. The predicted molar refractivity (Wildman–Crippen MR) is 125 cm³/mol. The average Bonchev–Trinajstić information content (AvgIpc) is 3.48. The van der Waals surface area contributed by atoms with Crippen molar-refractivity contribution in [3.63, 3.8) is 0 Å². The van der Waals surface area contributed by atoms with E-state index in [-0.39, 0.29) is 24.3 Å². The number of rotatable bonds is 8. The Morgan fingerprint density at radius 2 is 1.88 bits per heavy atom. The van der Waals surface area contributed by atoms with E-state index < -0.39 is 5.76 Å². The van der Waals surface area contributed by atoms with Crippen molar-refractivity contribution in [2.24, 2.45) is 0 Å². The van der Waals surface area contributed by atoms with E-state index in [0.29, 0.717) is 17.1 Å². The van der Waals surface area contributed by atoms with Crippen LogP contribution in [0.1, 0.15) is 22.0 Å². The summed E-state index contributed by atoms with van der Waals surface area (Å²) in [6.45, 7) is 1.76. The summed E-state index contributed by atoms with van der Waals surface area (Å²) >= 11 is 1.55. The quantitative estimate of drug-likeness (QED) is 0.425. The van der Waals surface area contributed by atoms with Crippen LogP contribution in [-0.4, -0.2) is 29.9 Å². The van der Waals surface area contributed by atoms with E-state index in [4.69, 9.17) is 14.0 Å². The fourth-order valence-corrected chi connectivity index (χ4v) is 4.28. The highest BCUT2D eigenvalue weighted by Crippen LogP contribution is 2.31. The van der Waals surface area contributed by atoms with Crippen LogP contribution in [0.3, 0.4) is 0 Å². The van der Waals surface area contributed by atoms with Gasteiger partial charge in [-0.05, 0) is 42.1 Å². The Hall–Kier alpha value is -3.85. The van der Waals surface area contributed by atoms with Crippen molar-refractivity contribution in [2.75, 3.05) is 14.2 Å². The molecule has 0 aliphatic rings. The minimum absolute atomic E-state index is 0.221. The molecule has 8 nitrogen and oxygen atoms in total. The van der Waals surface area contributed by atoms with Crippen LogP contribution in [0.15, 0.2) is 69.3 Å². The number of benzene rings is 2. The molecule has 1 unspecified atom stereocenters. The van der Waals surface area contributed by atoms with E-state index in [2.05, 4.69) is 10.5 Å². The second kappa shape index (κ2) is 9.74. The zero-order valence-corrected chi connectivity index (χ0v) is 19.2. The number of carbonyl (C=O) groups excluding carboxylic acids is 1. The van der Waals surface area contributed by atoms with Gasteiger partial charge in [-0.3, -0.25) is 9.32 Å². The number of thiophene rings is 1. The lowest BCUT2D eigenvalue weighted by Crippen LogP contribution is -2.34. The summed E-state index contributed by atoms with van der Waals surface area (Å²) in [4.78, 5) is 26.4. The lowest BCUT2D eigenvalue weighted by Gasteiger charge is -2.18. The smallest absolute Gasteiger partial charge is 0.442 e. The molecule has 4 aromatic rings. The number of aryl methyl sites for hydroxylation is 1. The Kier molecular flexibility index (Phi) is 6.60. The minimum Gasteiger partial charge on any atom is -0.493 e. The Balaban J connectivity index is 1.60. The van der Waals surface area contributed by atoms with Gasteiger partial charge in [0.2, 0.25) is 5.91 Å². The van der Waals surface area contributed by atoms with Crippen LogP contribution in [0, 0.1) is 6.92 Å². The Morgan fingerprint density at radius 3 is 2.55 bits per heavy atom. The van der Waals surface area contributed by atoms with E-state index in [1.165, 1.54) is 18.8 Å². The second-order valence-corrected chi connectivity index (χ2v) is 8.33. The molecule has 170 valence electrons. The van der Waals surface area contributed by atoms with Crippen LogP contribution < -0.4 is 20.5 Å². The molecule has 9 heteroatoms.